The summed E-state index contributed by atoms with van der Waals surface area (Å²) in [6.45, 7) is 12.3. The van der Waals surface area contributed by atoms with Crippen molar-refractivity contribution in [3.05, 3.63) is 44.1 Å². The Bertz CT molecular complexity index is 812. The molecule has 0 unspecified atom stereocenters. The van der Waals surface area contributed by atoms with Crippen molar-refractivity contribution in [2.45, 2.75) is 54.0 Å². The highest BCUT2D eigenvalue weighted by Crippen LogP contribution is 2.35. The average molecular weight is 391 g/mol. The van der Waals surface area contributed by atoms with Gasteiger partial charge in [0.05, 0.1) is 4.34 Å². The van der Waals surface area contributed by atoms with Gasteiger partial charge in [-0.25, -0.2) is 0 Å². The fourth-order valence-electron chi connectivity index (χ4n) is 3.50. The lowest BCUT2D eigenvalue weighted by molar-refractivity contribution is -0.117. The SMILES string of the molecule is Cc1cc(N2CCc3sc(Cl)cc3C2)cc(C)c1NC(=O)CC(C)(C)C. The van der Waals surface area contributed by atoms with Gasteiger partial charge in [0.15, 0.2) is 0 Å². The number of thiophene rings is 1. The molecule has 26 heavy (non-hydrogen) atoms. The molecule has 2 aromatic rings. The molecule has 0 bridgehead atoms. The monoisotopic (exact) mass is 390 g/mol. The lowest BCUT2D eigenvalue weighted by Crippen LogP contribution is -2.29. The van der Waals surface area contributed by atoms with E-state index in [1.807, 2.05) is 0 Å². The number of nitrogens with zero attached hydrogens (tertiary/aromatic N) is 1. The van der Waals surface area contributed by atoms with Crippen LogP contribution in [-0.4, -0.2) is 12.5 Å². The summed E-state index contributed by atoms with van der Waals surface area (Å²) < 4.78 is 0.876. The predicted molar refractivity (Wildman–Crippen MR) is 113 cm³/mol. The van der Waals surface area contributed by atoms with Gasteiger partial charge < -0.3 is 10.2 Å². The maximum Gasteiger partial charge on any atom is 0.224 e. The number of hydrogen-bond donors (Lipinski definition) is 1. The highest BCUT2D eigenvalue weighted by atomic mass is 35.5. The van der Waals surface area contributed by atoms with E-state index < -0.39 is 0 Å². The Morgan fingerprint density at radius 1 is 1.23 bits per heavy atom. The zero-order valence-electron chi connectivity index (χ0n) is 16.2. The van der Waals surface area contributed by atoms with Crippen LogP contribution in [0.15, 0.2) is 18.2 Å². The Morgan fingerprint density at radius 3 is 2.50 bits per heavy atom. The largest absolute Gasteiger partial charge is 0.367 e. The van der Waals surface area contributed by atoms with Crippen LogP contribution >= 0.6 is 22.9 Å². The van der Waals surface area contributed by atoms with Crippen LogP contribution in [0, 0.1) is 19.3 Å². The van der Waals surface area contributed by atoms with Crippen LogP contribution in [0.1, 0.15) is 48.8 Å². The van der Waals surface area contributed by atoms with Gasteiger partial charge in [-0.3, -0.25) is 4.79 Å². The van der Waals surface area contributed by atoms with E-state index in [4.69, 9.17) is 11.6 Å². The second kappa shape index (κ2) is 7.24. The van der Waals surface area contributed by atoms with Crippen molar-refractivity contribution in [1.82, 2.24) is 0 Å². The summed E-state index contributed by atoms with van der Waals surface area (Å²) in [5.41, 5.74) is 5.69. The Hall–Kier alpha value is -1.52. The lowest BCUT2D eigenvalue weighted by atomic mass is 9.92. The van der Waals surface area contributed by atoms with Crippen LogP contribution in [0.4, 0.5) is 11.4 Å². The zero-order chi connectivity index (χ0) is 19.1. The van der Waals surface area contributed by atoms with Crippen LogP contribution < -0.4 is 10.2 Å². The molecule has 5 heteroatoms. The van der Waals surface area contributed by atoms with Gasteiger partial charge in [-0.1, -0.05) is 32.4 Å². The number of carbonyl (C=O) groups excluding carboxylic acids is 1. The molecule has 1 aliphatic rings. The van der Waals surface area contributed by atoms with Gasteiger partial charge in [0.1, 0.15) is 0 Å². The molecule has 0 saturated heterocycles. The van der Waals surface area contributed by atoms with E-state index in [0.29, 0.717) is 6.42 Å². The van der Waals surface area contributed by atoms with Crippen LogP contribution in [-0.2, 0) is 17.8 Å². The van der Waals surface area contributed by atoms with E-state index in [-0.39, 0.29) is 11.3 Å². The van der Waals surface area contributed by atoms with E-state index in [2.05, 4.69) is 63.0 Å². The van der Waals surface area contributed by atoms with Crippen molar-refractivity contribution in [1.29, 1.82) is 0 Å². The summed E-state index contributed by atoms with van der Waals surface area (Å²) in [6.07, 6.45) is 1.55. The molecule has 2 heterocycles. The minimum atomic E-state index is -0.0147. The zero-order valence-corrected chi connectivity index (χ0v) is 17.8. The van der Waals surface area contributed by atoms with Crippen LogP contribution in [0.5, 0.6) is 0 Å². The van der Waals surface area contributed by atoms with E-state index in [1.165, 1.54) is 16.1 Å². The van der Waals surface area contributed by atoms with Gasteiger partial charge >= 0.3 is 0 Å². The third kappa shape index (κ3) is 4.41. The third-order valence-corrected chi connectivity index (χ3v) is 6.04. The summed E-state index contributed by atoms with van der Waals surface area (Å²) in [5.74, 6) is 0.0759. The van der Waals surface area contributed by atoms with Crippen molar-refractivity contribution in [3.8, 4) is 0 Å². The minimum Gasteiger partial charge on any atom is -0.367 e. The highest BCUT2D eigenvalue weighted by molar-refractivity contribution is 7.16. The van der Waals surface area contributed by atoms with Crippen LogP contribution in [0.25, 0.3) is 0 Å². The molecule has 0 aliphatic carbocycles. The molecule has 1 aromatic carbocycles. The van der Waals surface area contributed by atoms with E-state index in [9.17, 15) is 4.79 Å². The Morgan fingerprint density at radius 2 is 1.88 bits per heavy atom. The number of nitrogens with one attached hydrogen (secondary N) is 1. The fourth-order valence-corrected chi connectivity index (χ4v) is 4.80. The molecule has 0 radical (unpaired) electrons. The van der Waals surface area contributed by atoms with E-state index in [1.54, 1.807) is 11.3 Å². The van der Waals surface area contributed by atoms with Crippen molar-refractivity contribution < 1.29 is 4.79 Å². The molecular weight excluding hydrogens is 364 g/mol. The maximum absolute atomic E-state index is 12.3. The van der Waals surface area contributed by atoms with Crippen molar-refractivity contribution >= 4 is 40.2 Å². The van der Waals surface area contributed by atoms with Crippen LogP contribution in [0.3, 0.4) is 0 Å². The molecule has 140 valence electrons. The molecule has 3 rings (SSSR count). The highest BCUT2D eigenvalue weighted by Gasteiger charge is 2.21. The molecule has 1 amide bonds. The molecular formula is C21H27ClN2OS. The second-order valence-corrected chi connectivity index (χ2v) is 10.2. The summed E-state index contributed by atoms with van der Waals surface area (Å²) in [7, 11) is 0. The number of halogens is 1. The Kier molecular flexibility index (Phi) is 5.36. The normalized spacial score (nSPS) is 14.3. The molecule has 1 N–H and O–H groups in total. The lowest BCUT2D eigenvalue weighted by Gasteiger charge is -2.30. The Labute approximate surface area is 165 Å². The number of fused-ring (bicyclic) bond motifs is 1. The van der Waals surface area contributed by atoms with E-state index >= 15 is 0 Å². The third-order valence-electron chi connectivity index (χ3n) is 4.67. The number of carbonyl (C=O) groups is 1. The first-order valence-corrected chi connectivity index (χ1v) is 10.2. The topological polar surface area (TPSA) is 32.3 Å². The molecule has 0 spiro atoms. The van der Waals surface area contributed by atoms with Crippen molar-refractivity contribution in [2.24, 2.45) is 5.41 Å². The Balaban J connectivity index is 1.78. The number of amides is 1. The first-order valence-electron chi connectivity index (χ1n) is 9.05. The van der Waals surface area contributed by atoms with Gasteiger partial charge in [0, 0.05) is 35.8 Å². The molecule has 1 aliphatic heterocycles. The number of aryl methyl sites for hydroxylation is 2. The molecule has 0 fully saturated rings. The van der Waals surface area contributed by atoms with Gasteiger partial charge in [0.25, 0.3) is 0 Å². The van der Waals surface area contributed by atoms with Crippen molar-refractivity contribution in [3.63, 3.8) is 0 Å². The van der Waals surface area contributed by atoms with Crippen molar-refractivity contribution in [2.75, 3.05) is 16.8 Å². The quantitative estimate of drug-likeness (QED) is 0.701. The number of benzene rings is 1. The van der Waals surface area contributed by atoms with E-state index in [0.717, 1.165) is 40.7 Å². The first kappa shape index (κ1) is 19.2. The molecule has 3 nitrogen and oxygen atoms in total. The molecule has 0 atom stereocenters. The maximum atomic E-state index is 12.3. The predicted octanol–water partition coefficient (Wildman–Crippen LogP) is 5.96. The molecule has 1 aromatic heterocycles. The van der Waals surface area contributed by atoms with Gasteiger partial charge in [-0.15, -0.1) is 11.3 Å². The summed E-state index contributed by atoms with van der Waals surface area (Å²) in [6, 6.07) is 6.45. The van der Waals surface area contributed by atoms with Crippen LogP contribution in [0.2, 0.25) is 4.34 Å². The second-order valence-electron chi connectivity index (χ2n) is 8.41. The molecule has 0 saturated carbocycles. The average Bonchev–Trinajstić information content (AvgIpc) is 2.88. The summed E-state index contributed by atoms with van der Waals surface area (Å²) in [5, 5.41) is 3.11. The minimum absolute atomic E-state index is 0.0147. The first-order chi connectivity index (χ1) is 12.1. The van der Waals surface area contributed by atoms with Gasteiger partial charge in [-0.2, -0.15) is 0 Å². The van der Waals surface area contributed by atoms with Gasteiger partial charge in [0.2, 0.25) is 5.91 Å². The summed E-state index contributed by atoms with van der Waals surface area (Å²) >= 11 is 7.87. The standard InChI is InChI=1S/C21H27ClN2OS/c1-13-8-16(24-7-6-17-15(12-24)10-18(22)26-17)9-14(2)20(13)23-19(25)11-21(3,4)5/h8-10H,6-7,11-12H2,1-5H3,(H,23,25). The fraction of sp³-hybridized carbons (Fsp3) is 0.476. The van der Waals surface area contributed by atoms with Gasteiger partial charge in [-0.05, 0) is 60.6 Å². The number of rotatable bonds is 3. The number of anilines is 2. The number of hydrogen-bond acceptors (Lipinski definition) is 3. The smallest absolute Gasteiger partial charge is 0.224 e. The summed E-state index contributed by atoms with van der Waals surface area (Å²) in [4.78, 5) is 16.1.